The Bertz CT molecular complexity index is 1840. The van der Waals surface area contributed by atoms with Crippen LogP contribution in [0.1, 0.15) is 40.9 Å². The number of aromatic amines is 1. The van der Waals surface area contributed by atoms with Crippen molar-refractivity contribution in [3.63, 3.8) is 0 Å². The molecular formula is C28H24F6N8O2. The lowest BCUT2D eigenvalue weighted by Crippen LogP contribution is -2.26. The lowest BCUT2D eigenvalue weighted by atomic mass is 10.1. The summed E-state index contributed by atoms with van der Waals surface area (Å²) >= 11 is 0. The number of aromatic nitrogens is 6. The van der Waals surface area contributed by atoms with E-state index in [1.165, 1.54) is 12.1 Å². The number of halogens is 6. The predicted molar refractivity (Wildman–Crippen MR) is 146 cm³/mol. The molecule has 0 fully saturated rings. The molecule has 0 aliphatic heterocycles. The third kappa shape index (κ3) is 6.58. The average Bonchev–Trinajstić information content (AvgIpc) is 3.58. The smallest absolute Gasteiger partial charge is 0.406 e. The molecule has 0 spiro atoms. The van der Waals surface area contributed by atoms with Crippen molar-refractivity contribution in [1.29, 1.82) is 0 Å². The number of carbonyl (C=O) groups is 1. The molecule has 16 heteroatoms. The predicted octanol–water partition coefficient (Wildman–Crippen LogP) is 5.99. The summed E-state index contributed by atoms with van der Waals surface area (Å²) in [6, 6.07) is 13.4. The van der Waals surface area contributed by atoms with Crippen molar-refractivity contribution in [3.05, 3.63) is 88.5 Å². The number of tetrazole rings is 1. The van der Waals surface area contributed by atoms with Crippen molar-refractivity contribution in [2.45, 2.75) is 45.9 Å². The summed E-state index contributed by atoms with van der Waals surface area (Å²) < 4.78 is 87.1. The fourth-order valence-electron chi connectivity index (χ4n) is 4.73. The molecule has 5 rings (SSSR count). The Morgan fingerprint density at radius 1 is 0.977 bits per heavy atom. The number of nitrogens with zero attached hydrogens (tertiary/aromatic N) is 6. The van der Waals surface area contributed by atoms with Gasteiger partial charge in [-0.25, -0.2) is 10.1 Å². The highest BCUT2D eigenvalue weighted by Crippen LogP contribution is 2.34. The molecule has 0 saturated heterocycles. The van der Waals surface area contributed by atoms with Crippen LogP contribution in [-0.4, -0.2) is 42.0 Å². The highest BCUT2D eigenvalue weighted by molar-refractivity contribution is 6.03. The number of H-pyrrole nitrogens is 1. The molecule has 44 heavy (non-hydrogen) atoms. The summed E-state index contributed by atoms with van der Waals surface area (Å²) in [6.07, 6.45) is -9.17. The van der Waals surface area contributed by atoms with E-state index in [1.807, 2.05) is 6.92 Å². The number of carbonyl (C=O) groups excluding carboxylic acids is 1. The molecule has 0 aliphatic rings. The van der Waals surface area contributed by atoms with Crippen LogP contribution in [0.2, 0.25) is 0 Å². The van der Waals surface area contributed by atoms with E-state index in [4.69, 9.17) is 0 Å². The first-order valence-electron chi connectivity index (χ1n) is 13.2. The molecule has 0 unspecified atom stereocenters. The average molecular weight is 619 g/mol. The van der Waals surface area contributed by atoms with Gasteiger partial charge in [-0.2, -0.15) is 13.2 Å². The van der Waals surface area contributed by atoms with Crippen molar-refractivity contribution in [2.24, 2.45) is 4.99 Å². The number of anilines is 1. The summed E-state index contributed by atoms with van der Waals surface area (Å²) in [5, 5.41) is 15.3. The molecule has 0 radical (unpaired) electrons. The van der Waals surface area contributed by atoms with Crippen LogP contribution in [0, 0.1) is 0 Å². The summed E-state index contributed by atoms with van der Waals surface area (Å²) in [5.74, 6) is -0.869. The molecule has 0 saturated carbocycles. The fourth-order valence-corrected chi connectivity index (χ4v) is 4.73. The molecule has 230 valence electrons. The molecule has 0 atom stereocenters. The number of amides is 1. The number of alkyl halides is 6. The van der Waals surface area contributed by atoms with Crippen molar-refractivity contribution < 1.29 is 35.9 Å². The second-order valence-corrected chi connectivity index (χ2v) is 9.54. The molecule has 3 aromatic carbocycles. The van der Waals surface area contributed by atoms with Gasteiger partial charge in [-0.1, -0.05) is 24.2 Å². The number of benzene rings is 3. The minimum absolute atomic E-state index is 0.0541. The van der Waals surface area contributed by atoms with E-state index in [0.29, 0.717) is 29.6 Å². The zero-order chi connectivity index (χ0) is 31.6. The van der Waals surface area contributed by atoms with Gasteiger partial charge in [-0.15, -0.1) is 13.2 Å². The maximum atomic E-state index is 14.0. The summed E-state index contributed by atoms with van der Waals surface area (Å²) in [6.45, 7) is 3.97. The lowest BCUT2D eigenvalue weighted by molar-refractivity contribution is -0.274. The quantitative estimate of drug-likeness (QED) is 0.208. The van der Waals surface area contributed by atoms with Gasteiger partial charge in [0.2, 0.25) is 11.6 Å². The maximum absolute atomic E-state index is 14.0. The summed E-state index contributed by atoms with van der Waals surface area (Å²) in [4.78, 5) is 17.2. The van der Waals surface area contributed by atoms with E-state index in [0.717, 1.165) is 24.3 Å². The fraction of sp³-hybridized carbons (Fsp3) is 0.250. The van der Waals surface area contributed by atoms with E-state index in [1.54, 1.807) is 40.3 Å². The Kier molecular flexibility index (Phi) is 8.17. The standard InChI is InChI=1S/C28H24F6N8O2/c1-3-17-13-19(27(29,30)31)14-22-23(17)41(4-2)26(35-20-9-11-21(12-10-20)44-28(32,33)34)42(22)15-16-5-7-18(8-6-16)24(43)36-25-37-39-40-38-25/h5-14H,3-4,15H2,1-2H3,(H2,36,37,38,39,40,43). The Morgan fingerprint density at radius 2 is 1.68 bits per heavy atom. The van der Waals surface area contributed by atoms with Crippen LogP contribution in [0.4, 0.5) is 38.0 Å². The lowest BCUT2D eigenvalue weighted by Gasteiger charge is -2.12. The number of ether oxygens (including phenoxy) is 1. The van der Waals surface area contributed by atoms with Gasteiger partial charge in [0.05, 0.1) is 28.8 Å². The zero-order valence-electron chi connectivity index (χ0n) is 23.2. The first-order chi connectivity index (χ1) is 20.9. The van der Waals surface area contributed by atoms with Gasteiger partial charge in [-0.05, 0) is 83.4 Å². The Hall–Kier alpha value is -5.15. The number of aryl methyl sites for hydroxylation is 2. The maximum Gasteiger partial charge on any atom is 0.573 e. The molecular weight excluding hydrogens is 594 g/mol. The molecule has 10 nitrogen and oxygen atoms in total. The normalized spacial score (nSPS) is 12.6. The Labute approximate surface area is 245 Å². The van der Waals surface area contributed by atoms with Crippen LogP contribution in [0.3, 0.4) is 0 Å². The van der Waals surface area contributed by atoms with Gasteiger partial charge in [0.25, 0.3) is 5.91 Å². The number of fused-ring (bicyclic) bond motifs is 1. The highest BCUT2D eigenvalue weighted by atomic mass is 19.4. The van der Waals surface area contributed by atoms with Crippen LogP contribution in [0.5, 0.6) is 5.75 Å². The van der Waals surface area contributed by atoms with Crippen LogP contribution < -0.4 is 15.7 Å². The van der Waals surface area contributed by atoms with Crippen molar-refractivity contribution >= 4 is 28.6 Å². The van der Waals surface area contributed by atoms with Gasteiger partial charge in [0.15, 0.2) is 0 Å². The minimum Gasteiger partial charge on any atom is -0.406 e. The molecule has 0 aliphatic carbocycles. The highest BCUT2D eigenvalue weighted by Gasteiger charge is 2.33. The van der Waals surface area contributed by atoms with E-state index < -0.39 is 29.8 Å². The van der Waals surface area contributed by atoms with E-state index in [9.17, 15) is 31.1 Å². The van der Waals surface area contributed by atoms with E-state index in [2.05, 4.69) is 35.7 Å². The summed E-state index contributed by atoms with van der Waals surface area (Å²) in [5.41, 5.74) is 1.92. The molecule has 2 aromatic heterocycles. The second-order valence-electron chi connectivity index (χ2n) is 9.54. The monoisotopic (exact) mass is 618 g/mol. The van der Waals surface area contributed by atoms with Crippen LogP contribution >= 0.6 is 0 Å². The van der Waals surface area contributed by atoms with Gasteiger partial charge in [0.1, 0.15) is 5.75 Å². The van der Waals surface area contributed by atoms with Crippen LogP contribution in [-0.2, 0) is 25.7 Å². The second kappa shape index (κ2) is 11.9. The van der Waals surface area contributed by atoms with Crippen LogP contribution in [0.25, 0.3) is 11.0 Å². The Balaban J connectivity index is 1.63. The zero-order valence-corrected chi connectivity index (χ0v) is 23.2. The number of hydrogen-bond acceptors (Lipinski definition) is 6. The van der Waals surface area contributed by atoms with Gasteiger partial charge < -0.3 is 13.9 Å². The SMILES string of the molecule is CCc1cc(C(F)(F)F)cc2c1n(CC)c(=Nc1ccc(OC(F)(F)F)cc1)n2Cc1ccc(C(=O)Nc2nnn[nH]2)cc1. The van der Waals surface area contributed by atoms with Crippen molar-refractivity contribution in [1.82, 2.24) is 29.8 Å². The number of rotatable bonds is 8. The first kappa shape index (κ1) is 30.3. The molecule has 5 aromatic rings. The number of hydrogen-bond donors (Lipinski definition) is 2. The minimum atomic E-state index is -4.87. The van der Waals surface area contributed by atoms with Gasteiger partial charge in [0, 0.05) is 12.1 Å². The largest absolute Gasteiger partial charge is 0.573 e. The summed E-state index contributed by atoms with van der Waals surface area (Å²) in [7, 11) is 0. The molecule has 2 N–H and O–H groups in total. The molecule has 0 bridgehead atoms. The molecule has 2 heterocycles. The third-order valence-electron chi connectivity index (χ3n) is 6.67. The molecule has 1 amide bonds. The van der Waals surface area contributed by atoms with Crippen LogP contribution in [0.15, 0.2) is 65.7 Å². The van der Waals surface area contributed by atoms with Crippen molar-refractivity contribution in [2.75, 3.05) is 5.32 Å². The number of nitrogens with one attached hydrogen (secondary N) is 2. The van der Waals surface area contributed by atoms with E-state index in [-0.39, 0.29) is 34.9 Å². The van der Waals surface area contributed by atoms with Crippen molar-refractivity contribution in [3.8, 4) is 5.75 Å². The third-order valence-corrected chi connectivity index (χ3v) is 6.67. The van der Waals surface area contributed by atoms with Gasteiger partial charge >= 0.3 is 12.5 Å². The number of imidazole rings is 1. The van der Waals surface area contributed by atoms with Gasteiger partial charge in [-0.3, -0.25) is 10.1 Å². The first-order valence-corrected chi connectivity index (χ1v) is 13.2. The van der Waals surface area contributed by atoms with E-state index >= 15 is 0 Å². The Morgan fingerprint density at radius 3 is 2.25 bits per heavy atom. The topological polar surface area (TPSA) is 115 Å².